The summed E-state index contributed by atoms with van der Waals surface area (Å²) in [4.78, 5) is 30.6. The lowest BCUT2D eigenvalue weighted by atomic mass is 10.0. The highest BCUT2D eigenvalue weighted by molar-refractivity contribution is 7.19. The number of hydrogen-bond acceptors (Lipinski definition) is 5. The van der Waals surface area contributed by atoms with E-state index in [2.05, 4.69) is 4.98 Å². The van der Waals surface area contributed by atoms with E-state index in [1.54, 1.807) is 19.1 Å². The van der Waals surface area contributed by atoms with Crippen molar-refractivity contribution in [3.8, 4) is 11.1 Å². The van der Waals surface area contributed by atoms with Gasteiger partial charge in [0, 0.05) is 10.4 Å². The molecule has 9 heteroatoms. The van der Waals surface area contributed by atoms with E-state index in [0.717, 1.165) is 16.0 Å². The Morgan fingerprint density at radius 3 is 2.62 bits per heavy atom. The summed E-state index contributed by atoms with van der Waals surface area (Å²) in [5, 5.41) is 10.4. The van der Waals surface area contributed by atoms with Crippen molar-refractivity contribution >= 4 is 50.7 Å². The number of aromatic carboxylic acids is 1. The van der Waals surface area contributed by atoms with E-state index in [9.17, 15) is 9.59 Å². The van der Waals surface area contributed by atoms with E-state index < -0.39 is 5.97 Å². The number of halogens is 2. The van der Waals surface area contributed by atoms with Gasteiger partial charge in [0.15, 0.2) is 0 Å². The maximum Gasteiger partial charge on any atom is 0.371 e. The molecule has 0 amide bonds. The van der Waals surface area contributed by atoms with Crippen LogP contribution in [0.1, 0.15) is 27.0 Å². The van der Waals surface area contributed by atoms with Gasteiger partial charge in [-0.25, -0.2) is 9.78 Å². The number of furan rings is 1. The van der Waals surface area contributed by atoms with Crippen LogP contribution in [-0.4, -0.2) is 20.6 Å². The largest absolute Gasteiger partial charge is 0.475 e. The summed E-state index contributed by atoms with van der Waals surface area (Å²) in [6, 6.07) is 8.14. The minimum atomic E-state index is -1.16. The van der Waals surface area contributed by atoms with Gasteiger partial charge in [-0.05, 0) is 43.7 Å². The van der Waals surface area contributed by atoms with Crippen LogP contribution in [0.4, 0.5) is 0 Å². The van der Waals surface area contributed by atoms with Crippen molar-refractivity contribution in [3.05, 3.63) is 73.0 Å². The molecule has 3 heterocycles. The standard InChI is InChI=1S/C20H14Cl2N2O4S/c1-9-16(11-3-5-13(21)14(22)7-11)17-18(29-9)23-10(2)24(19(17)25)8-12-4-6-15(28-12)20(26)27/h3-7H,8H2,1-2H3,(H,26,27). The number of thiophene rings is 1. The number of carboxylic acid groups (broad SMARTS) is 1. The molecule has 6 nitrogen and oxygen atoms in total. The SMILES string of the molecule is Cc1sc2nc(C)n(Cc3ccc(C(=O)O)o3)c(=O)c2c1-c1ccc(Cl)c(Cl)c1. The summed E-state index contributed by atoms with van der Waals surface area (Å²) in [6.07, 6.45) is 0. The van der Waals surface area contributed by atoms with Crippen LogP contribution in [0.25, 0.3) is 21.3 Å². The first-order chi connectivity index (χ1) is 13.8. The predicted octanol–water partition coefficient (Wildman–Crippen LogP) is 5.39. The molecule has 0 fully saturated rings. The Morgan fingerprint density at radius 1 is 1.21 bits per heavy atom. The number of hydrogen-bond donors (Lipinski definition) is 1. The van der Waals surface area contributed by atoms with Crippen molar-refractivity contribution in [2.45, 2.75) is 20.4 Å². The normalized spacial score (nSPS) is 11.3. The second-order valence-electron chi connectivity index (χ2n) is 6.46. The number of aryl methyl sites for hydroxylation is 2. The lowest BCUT2D eigenvalue weighted by Gasteiger charge is -2.09. The average molecular weight is 449 g/mol. The molecule has 0 saturated carbocycles. The molecule has 0 aliphatic heterocycles. The van der Waals surface area contributed by atoms with E-state index in [-0.39, 0.29) is 17.9 Å². The Balaban J connectivity index is 1.90. The molecule has 4 rings (SSSR count). The fraction of sp³-hybridized carbons (Fsp3) is 0.150. The number of rotatable bonds is 4. The molecule has 1 N–H and O–H groups in total. The van der Waals surface area contributed by atoms with E-state index in [1.165, 1.54) is 28.0 Å². The molecule has 29 heavy (non-hydrogen) atoms. The second kappa shape index (κ2) is 7.33. The van der Waals surface area contributed by atoms with Crippen molar-refractivity contribution in [2.75, 3.05) is 0 Å². The minimum absolute atomic E-state index is 0.0800. The van der Waals surface area contributed by atoms with Gasteiger partial charge in [-0.1, -0.05) is 29.3 Å². The van der Waals surface area contributed by atoms with Gasteiger partial charge < -0.3 is 9.52 Å². The molecular weight excluding hydrogens is 435 g/mol. The van der Waals surface area contributed by atoms with Crippen LogP contribution in [0.3, 0.4) is 0 Å². The molecule has 0 radical (unpaired) electrons. The number of aromatic nitrogens is 2. The van der Waals surface area contributed by atoms with Gasteiger partial charge >= 0.3 is 5.97 Å². The summed E-state index contributed by atoms with van der Waals surface area (Å²) in [5.41, 5.74) is 1.32. The number of benzene rings is 1. The Labute approximate surface area is 178 Å². The van der Waals surface area contributed by atoms with Gasteiger partial charge in [0.2, 0.25) is 5.76 Å². The number of nitrogens with zero attached hydrogens (tertiary/aromatic N) is 2. The summed E-state index contributed by atoms with van der Waals surface area (Å²) < 4.78 is 6.78. The van der Waals surface area contributed by atoms with Crippen LogP contribution in [-0.2, 0) is 6.54 Å². The zero-order valence-electron chi connectivity index (χ0n) is 15.3. The van der Waals surface area contributed by atoms with Crippen molar-refractivity contribution < 1.29 is 14.3 Å². The minimum Gasteiger partial charge on any atom is -0.475 e. The topological polar surface area (TPSA) is 85.3 Å². The third-order valence-electron chi connectivity index (χ3n) is 4.57. The Morgan fingerprint density at radius 2 is 1.97 bits per heavy atom. The van der Waals surface area contributed by atoms with Crippen LogP contribution in [0, 0.1) is 13.8 Å². The molecule has 0 aliphatic carbocycles. The van der Waals surface area contributed by atoms with Crippen molar-refractivity contribution in [1.82, 2.24) is 9.55 Å². The highest BCUT2D eigenvalue weighted by Crippen LogP contribution is 2.38. The molecular formula is C20H14Cl2N2O4S. The highest BCUT2D eigenvalue weighted by Gasteiger charge is 2.20. The predicted molar refractivity (Wildman–Crippen MR) is 114 cm³/mol. The van der Waals surface area contributed by atoms with E-state index in [1.807, 2.05) is 13.0 Å². The van der Waals surface area contributed by atoms with Gasteiger partial charge in [-0.2, -0.15) is 0 Å². The Kier molecular flexibility index (Phi) is 4.98. The van der Waals surface area contributed by atoms with E-state index >= 15 is 0 Å². The molecule has 0 saturated heterocycles. The molecule has 4 aromatic rings. The molecule has 0 aliphatic rings. The number of carboxylic acids is 1. The summed E-state index contributed by atoms with van der Waals surface area (Å²) in [5.74, 6) is -0.471. The van der Waals surface area contributed by atoms with Crippen molar-refractivity contribution in [2.24, 2.45) is 0 Å². The maximum absolute atomic E-state index is 13.4. The van der Waals surface area contributed by atoms with Gasteiger partial charge in [-0.3, -0.25) is 9.36 Å². The van der Waals surface area contributed by atoms with Gasteiger partial charge in [0.1, 0.15) is 16.4 Å². The number of fused-ring (bicyclic) bond motifs is 1. The van der Waals surface area contributed by atoms with Gasteiger partial charge in [0.05, 0.1) is 22.0 Å². The maximum atomic E-state index is 13.4. The molecule has 0 unspecified atom stereocenters. The smallest absolute Gasteiger partial charge is 0.371 e. The molecule has 0 bridgehead atoms. The van der Waals surface area contributed by atoms with Crippen LogP contribution in [0.15, 0.2) is 39.5 Å². The first-order valence-corrected chi connectivity index (χ1v) is 10.1. The van der Waals surface area contributed by atoms with Crippen molar-refractivity contribution in [1.29, 1.82) is 0 Å². The molecule has 0 spiro atoms. The van der Waals surface area contributed by atoms with Gasteiger partial charge in [-0.15, -0.1) is 11.3 Å². The Bertz CT molecular complexity index is 1340. The molecule has 3 aromatic heterocycles. The summed E-state index contributed by atoms with van der Waals surface area (Å²) >= 11 is 13.6. The lowest BCUT2D eigenvalue weighted by molar-refractivity contribution is 0.0660. The summed E-state index contributed by atoms with van der Waals surface area (Å²) in [6.45, 7) is 3.74. The molecule has 148 valence electrons. The monoisotopic (exact) mass is 448 g/mol. The third kappa shape index (κ3) is 3.46. The third-order valence-corrected chi connectivity index (χ3v) is 6.31. The number of carbonyl (C=O) groups is 1. The summed E-state index contributed by atoms with van der Waals surface area (Å²) in [7, 11) is 0. The second-order valence-corrected chi connectivity index (χ2v) is 8.48. The quantitative estimate of drug-likeness (QED) is 0.452. The molecule has 0 atom stereocenters. The van der Waals surface area contributed by atoms with Crippen LogP contribution < -0.4 is 5.56 Å². The molecule has 1 aromatic carbocycles. The fourth-order valence-electron chi connectivity index (χ4n) is 3.22. The van der Waals surface area contributed by atoms with Crippen LogP contribution >= 0.6 is 34.5 Å². The van der Waals surface area contributed by atoms with Crippen molar-refractivity contribution in [3.63, 3.8) is 0 Å². The highest BCUT2D eigenvalue weighted by atomic mass is 35.5. The van der Waals surface area contributed by atoms with Gasteiger partial charge in [0.25, 0.3) is 5.56 Å². The fourth-order valence-corrected chi connectivity index (χ4v) is 4.59. The first-order valence-electron chi connectivity index (χ1n) is 8.54. The zero-order chi connectivity index (χ0) is 20.9. The van der Waals surface area contributed by atoms with E-state index in [4.69, 9.17) is 32.7 Å². The first kappa shape index (κ1) is 19.7. The van der Waals surface area contributed by atoms with Crippen LogP contribution in [0.2, 0.25) is 10.0 Å². The Hall–Kier alpha value is -2.61. The zero-order valence-corrected chi connectivity index (χ0v) is 17.7. The van der Waals surface area contributed by atoms with E-state index in [0.29, 0.717) is 31.8 Å². The average Bonchev–Trinajstić information content (AvgIpc) is 3.25. The lowest BCUT2D eigenvalue weighted by Crippen LogP contribution is -2.24. The van der Waals surface area contributed by atoms with Crippen LogP contribution in [0.5, 0.6) is 0 Å².